The van der Waals surface area contributed by atoms with E-state index in [0.29, 0.717) is 0 Å². The fourth-order valence-corrected chi connectivity index (χ4v) is 3.03. The number of carbonyl (C=O) groups is 1. The number of ether oxygens (including phenoxy) is 1. The van der Waals surface area contributed by atoms with E-state index in [1.807, 2.05) is 27.8 Å². The molecule has 1 rings (SSSR count). The number of hydrogen-bond donors (Lipinski definition) is 2. The van der Waals surface area contributed by atoms with Gasteiger partial charge in [-0.25, -0.2) is 4.79 Å². The summed E-state index contributed by atoms with van der Waals surface area (Å²) in [6.07, 6.45) is 6.33. The topological polar surface area (TPSA) is 50.4 Å². The van der Waals surface area contributed by atoms with Crippen LogP contribution in [-0.2, 0) is 4.74 Å². The molecule has 1 fully saturated rings. The van der Waals surface area contributed by atoms with Gasteiger partial charge in [-0.05, 0) is 60.9 Å². The molecule has 1 aliphatic carbocycles. The van der Waals surface area contributed by atoms with Crippen LogP contribution in [0.1, 0.15) is 73.1 Å². The lowest BCUT2D eigenvalue weighted by molar-refractivity contribution is 0.0391. The third-order valence-electron chi connectivity index (χ3n) is 4.03. The van der Waals surface area contributed by atoms with Crippen LogP contribution < -0.4 is 10.6 Å². The van der Waals surface area contributed by atoms with E-state index in [2.05, 4.69) is 24.5 Å². The molecule has 118 valence electrons. The number of amides is 1. The fraction of sp³-hybridized carbons (Fsp3) is 0.938. The van der Waals surface area contributed by atoms with Crippen LogP contribution in [0, 0.1) is 0 Å². The predicted molar refractivity (Wildman–Crippen MR) is 82.9 cm³/mol. The minimum atomic E-state index is -0.446. The second-order valence-electron chi connectivity index (χ2n) is 7.78. The summed E-state index contributed by atoms with van der Waals surface area (Å²) >= 11 is 0. The van der Waals surface area contributed by atoms with Gasteiger partial charge in [0.2, 0.25) is 0 Å². The molecule has 1 aliphatic rings. The van der Waals surface area contributed by atoms with E-state index in [1.165, 1.54) is 19.3 Å². The van der Waals surface area contributed by atoms with Crippen LogP contribution in [0.25, 0.3) is 0 Å². The predicted octanol–water partition coefficient (Wildman–Crippen LogP) is 3.60. The quantitative estimate of drug-likeness (QED) is 0.829. The lowest BCUT2D eigenvalue weighted by Gasteiger charge is -2.43. The van der Waals surface area contributed by atoms with Gasteiger partial charge in [0.1, 0.15) is 5.60 Å². The molecule has 1 saturated carbocycles. The molecule has 0 aromatic rings. The third kappa shape index (κ3) is 5.70. The van der Waals surface area contributed by atoms with Crippen LogP contribution in [0.15, 0.2) is 0 Å². The van der Waals surface area contributed by atoms with Crippen LogP contribution in [0.4, 0.5) is 4.79 Å². The standard InChI is InChI=1S/C16H32N2O2/c1-14(2,3)20-13(19)18-16(10-8-7-9-11-16)12-15(4,5)17-6/h17H,7-12H2,1-6H3,(H,18,19). The average Bonchev–Trinajstić information content (AvgIpc) is 2.26. The van der Waals surface area contributed by atoms with Crippen LogP contribution in [0.3, 0.4) is 0 Å². The molecule has 0 saturated heterocycles. The van der Waals surface area contributed by atoms with Crippen molar-refractivity contribution in [3.05, 3.63) is 0 Å². The van der Waals surface area contributed by atoms with Gasteiger partial charge in [0.05, 0.1) is 0 Å². The summed E-state index contributed by atoms with van der Waals surface area (Å²) in [6.45, 7) is 10.1. The lowest BCUT2D eigenvalue weighted by atomic mass is 9.74. The van der Waals surface area contributed by atoms with Gasteiger partial charge in [0.15, 0.2) is 0 Å². The van der Waals surface area contributed by atoms with Gasteiger partial charge in [-0.15, -0.1) is 0 Å². The Hall–Kier alpha value is -0.770. The normalized spacial score (nSPS) is 19.5. The Balaban J connectivity index is 2.76. The first-order chi connectivity index (χ1) is 9.08. The van der Waals surface area contributed by atoms with E-state index in [4.69, 9.17) is 4.74 Å². The van der Waals surface area contributed by atoms with Gasteiger partial charge >= 0.3 is 6.09 Å². The summed E-state index contributed by atoms with van der Waals surface area (Å²) < 4.78 is 5.44. The number of rotatable bonds is 4. The van der Waals surface area contributed by atoms with Crippen molar-refractivity contribution in [2.45, 2.75) is 89.8 Å². The summed E-state index contributed by atoms with van der Waals surface area (Å²) in [5.41, 5.74) is -0.572. The van der Waals surface area contributed by atoms with Crippen LogP contribution >= 0.6 is 0 Å². The van der Waals surface area contributed by atoms with Crippen molar-refractivity contribution in [2.24, 2.45) is 0 Å². The summed E-state index contributed by atoms with van der Waals surface area (Å²) in [6, 6.07) is 0. The highest BCUT2D eigenvalue weighted by Crippen LogP contribution is 2.35. The lowest BCUT2D eigenvalue weighted by Crippen LogP contribution is -2.56. The van der Waals surface area contributed by atoms with Crippen molar-refractivity contribution in [1.82, 2.24) is 10.6 Å². The van der Waals surface area contributed by atoms with Gasteiger partial charge < -0.3 is 15.4 Å². The molecule has 2 N–H and O–H groups in total. The monoisotopic (exact) mass is 284 g/mol. The van der Waals surface area contributed by atoms with Crippen molar-refractivity contribution in [3.63, 3.8) is 0 Å². The van der Waals surface area contributed by atoms with Gasteiger partial charge in [-0.1, -0.05) is 19.3 Å². The maximum absolute atomic E-state index is 12.2. The highest BCUT2D eigenvalue weighted by Gasteiger charge is 2.39. The van der Waals surface area contributed by atoms with Crippen LogP contribution in [0.2, 0.25) is 0 Å². The molecule has 0 atom stereocenters. The molecule has 1 amide bonds. The maximum Gasteiger partial charge on any atom is 0.408 e. The molecule has 0 heterocycles. The molecule has 0 aliphatic heterocycles. The number of alkyl carbamates (subject to hydrolysis) is 1. The van der Waals surface area contributed by atoms with Crippen molar-refractivity contribution >= 4 is 6.09 Å². The van der Waals surface area contributed by atoms with Gasteiger partial charge in [0, 0.05) is 11.1 Å². The molecule has 4 heteroatoms. The van der Waals surface area contributed by atoms with Crippen molar-refractivity contribution in [3.8, 4) is 0 Å². The summed E-state index contributed by atoms with van der Waals surface area (Å²) in [5, 5.41) is 6.52. The SMILES string of the molecule is CNC(C)(C)CC1(NC(=O)OC(C)(C)C)CCCCC1. The summed E-state index contributed by atoms with van der Waals surface area (Å²) in [7, 11) is 1.98. The van der Waals surface area contributed by atoms with Gasteiger partial charge in [-0.3, -0.25) is 0 Å². The Labute approximate surface area is 124 Å². The smallest absolute Gasteiger partial charge is 0.408 e. The third-order valence-corrected chi connectivity index (χ3v) is 4.03. The second-order valence-corrected chi connectivity index (χ2v) is 7.78. The molecule has 0 aromatic carbocycles. The molecule has 0 spiro atoms. The molecule has 0 bridgehead atoms. The molecule has 0 unspecified atom stereocenters. The average molecular weight is 284 g/mol. The molecule has 20 heavy (non-hydrogen) atoms. The summed E-state index contributed by atoms with van der Waals surface area (Å²) in [5.74, 6) is 0. The van der Waals surface area contributed by atoms with E-state index >= 15 is 0 Å². The van der Waals surface area contributed by atoms with Crippen molar-refractivity contribution < 1.29 is 9.53 Å². The molecular weight excluding hydrogens is 252 g/mol. The first-order valence-electron chi connectivity index (χ1n) is 7.78. The van der Waals surface area contributed by atoms with E-state index in [-0.39, 0.29) is 17.2 Å². The largest absolute Gasteiger partial charge is 0.444 e. The zero-order valence-corrected chi connectivity index (χ0v) is 14.1. The molecule has 4 nitrogen and oxygen atoms in total. The van der Waals surface area contributed by atoms with Crippen molar-refractivity contribution in [1.29, 1.82) is 0 Å². The Morgan fingerprint density at radius 3 is 2.10 bits per heavy atom. The first-order valence-corrected chi connectivity index (χ1v) is 7.78. The minimum Gasteiger partial charge on any atom is -0.444 e. The Bertz CT molecular complexity index is 326. The van der Waals surface area contributed by atoms with E-state index in [0.717, 1.165) is 19.3 Å². The first kappa shape index (κ1) is 17.3. The number of nitrogens with one attached hydrogen (secondary N) is 2. The van der Waals surface area contributed by atoms with E-state index < -0.39 is 5.60 Å². The van der Waals surface area contributed by atoms with Gasteiger partial charge in [0.25, 0.3) is 0 Å². The fourth-order valence-electron chi connectivity index (χ4n) is 3.03. The Kier molecular flexibility index (Phi) is 5.47. The number of hydrogen-bond acceptors (Lipinski definition) is 3. The summed E-state index contributed by atoms with van der Waals surface area (Å²) in [4.78, 5) is 12.2. The Morgan fingerprint density at radius 1 is 1.10 bits per heavy atom. The molecule has 0 aromatic heterocycles. The molecule has 0 radical (unpaired) electrons. The maximum atomic E-state index is 12.2. The highest BCUT2D eigenvalue weighted by atomic mass is 16.6. The zero-order chi connectivity index (χ0) is 15.4. The van der Waals surface area contributed by atoms with Gasteiger partial charge in [-0.2, -0.15) is 0 Å². The number of carbonyl (C=O) groups excluding carboxylic acids is 1. The Morgan fingerprint density at radius 2 is 1.65 bits per heavy atom. The van der Waals surface area contributed by atoms with Crippen LogP contribution in [-0.4, -0.2) is 29.8 Å². The van der Waals surface area contributed by atoms with E-state index in [9.17, 15) is 4.79 Å². The molecular formula is C16H32N2O2. The minimum absolute atomic E-state index is 0.00630. The van der Waals surface area contributed by atoms with Crippen molar-refractivity contribution in [2.75, 3.05) is 7.05 Å². The second kappa shape index (κ2) is 6.33. The van der Waals surface area contributed by atoms with E-state index in [1.54, 1.807) is 0 Å². The highest BCUT2D eigenvalue weighted by molar-refractivity contribution is 5.68. The zero-order valence-electron chi connectivity index (χ0n) is 14.1. The van der Waals surface area contributed by atoms with Crippen LogP contribution in [0.5, 0.6) is 0 Å².